The molecule has 0 fully saturated rings. The molecule has 156 valence electrons. The van der Waals surface area contributed by atoms with Crippen molar-refractivity contribution in [3.05, 3.63) is 76.0 Å². The molecule has 0 bridgehead atoms. The summed E-state index contributed by atoms with van der Waals surface area (Å²) in [5, 5.41) is 1.85. The Morgan fingerprint density at radius 1 is 1.10 bits per heavy atom. The molecule has 31 heavy (non-hydrogen) atoms. The van der Waals surface area contributed by atoms with Crippen molar-refractivity contribution in [3.8, 4) is 5.75 Å². The minimum Gasteiger partial charge on any atom is -0.482 e. The van der Waals surface area contributed by atoms with E-state index in [-0.39, 0.29) is 36.8 Å². The molecule has 6 nitrogen and oxygen atoms in total. The van der Waals surface area contributed by atoms with Crippen LogP contribution in [0.3, 0.4) is 0 Å². The maximum atomic E-state index is 13.3. The highest BCUT2D eigenvalue weighted by Gasteiger charge is 2.34. The predicted octanol–water partition coefficient (Wildman–Crippen LogP) is 3.68. The lowest BCUT2D eigenvalue weighted by atomic mass is 10.1. The van der Waals surface area contributed by atoms with Crippen molar-refractivity contribution in [3.63, 3.8) is 0 Å². The van der Waals surface area contributed by atoms with Gasteiger partial charge >= 0.3 is 0 Å². The van der Waals surface area contributed by atoms with Crippen molar-refractivity contribution in [1.29, 1.82) is 0 Å². The first kappa shape index (κ1) is 19.5. The lowest BCUT2D eigenvalue weighted by Crippen LogP contribution is -2.48. The third-order valence-electron chi connectivity index (χ3n) is 5.68. The zero-order valence-electron chi connectivity index (χ0n) is 16.9. The molecule has 1 aromatic heterocycles. The number of ether oxygens (including phenoxy) is 1. The molecule has 2 aliphatic rings. The molecule has 0 saturated carbocycles. The average Bonchev–Trinajstić information content (AvgIpc) is 3.42. The summed E-state index contributed by atoms with van der Waals surface area (Å²) < 4.78 is 5.55. The maximum Gasteiger partial charge on any atom is 0.265 e. The van der Waals surface area contributed by atoms with E-state index in [2.05, 4.69) is 0 Å². The van der Waals surface area contributed by atoms with Crippen molar-refractivity contribution in [1.82, 2.24) is 0 Å². The molecule has 0 aliphatic carbocycles. The van der Waals surface area contributed by atoms with Crippen molar-refractivity contribution >= 4 is 40.3 Å². The quantitative estimate of drug-likeness (QED) is 0.590. The fourth-order valence-corrected chi connectivity index (χ4v) is 4.91. The Morgan fingerprint density at radius 3 is 2.74 bits per heavy atom. The van der Waals surface area contributed by atoms with Gasteiger partial charge in [-0.1, -0.05) is 24.3 Å². The summed E-state index contributed by atoms with van der Waals surface area (Å²) in [7, 11) is 0. The zero-order valence-corrected chi connectivity index (χ0v) is 17.7. The van der Waals surface area contributed by atoms with Crippen LogP contribution in [0, 0.1) is 0 Å². The van der Waals surface area contributed by atoms with Crippen molar-refractivity contribution in [2.75, 3.05) is 23.0 Å². The van der Waals surface area contributed by atoms with Crippen LogP contribution in [0.4, 0.5) is 11.4 Å². The minimum atomic E-state index is -0.304. The van der Waals surface area contributed by atoms with Crippen LogP contribution >= 0.6 is 11.3 Å². The summed E-state index contributed by atoms with van der Waals surface area (Å²) in [6, 6.07) is 16.5. The number of carbonyl (C=O) groups excluding carboxylic acids is 3. The van der Waals surface area contributed by atoms with E-state index < -0.39 is 0 Å². The Hall–Kier alpha value is -3.45. The van der Waals surface area contributed by atoms with E-state index in [0.717, 1.165) is 17.7 Å². The first-order valence-electron chi connectivity index (χ1n) is 10.1. The normalized spacial score (nSPS) is 17.2. The van der Waals surface area contributed by atoms with Crippen LogP contribution < -0.4 is 14.5 Å². The first-order chi connectivity index (χ1) is 15.0. The van der Waals surface area contributed by atoms with Gasteiger partial charge in [-0.2, -0.15) is 0 Å². The Labute approximate surface area is 183 Å². The van der Waals surface area contributed by atoms with Gasteiger partial charge in [-0.3, -0.25) is 19.3 Å². The number of ketones is 1. The van der Waals surface area contributed by atoms with Crippen LogP contribution in [-0.2, 0) is 16.0 Å². The number of nitrogens with zero attached hydrogens (tertiary/aromatic N) is 2. The number of hydrogen-bond donors (Lipinski definition) is 0. The molecule has 5 rings (SSSR count). The Balaban J connectivity index is 1.45. The molecule has 2 aromatic carbocycles. The van der Waals surface area contributed by atoms with Crippen LogP contribution in [0.1, 0.15) is 27.7 Å². The van der Waals surface area contributed by atoms with Crippen LogP contribution in [0.2, 0.25) is 0 Å². The van der Waals surface area contributed by atoms with Gasteiger partial charge in [0.25, 0.3) is 5.91 Å². The van der Waals surface area contributed by atoms with Gasteiger partial charge in [0.2, 0.25) is 11.7 Å². The van der Waals surface area contributed by atoms with E-state index in [1.165, 1.54) is 16.2 Å². The van der Waals surface area contributed by atoms with Gasteiger partial charge in [-0.15, -0.1) is 11.3 Å². The van der Waals surface area contributed by atoms with Crippen LogP contribution in [0.5, 0.6) is 5.75 Å². The smallest absolute Gasteiger partial charge is 0.265 e. The highest BCUT2D eigenvalue weighted by molar-refractivity contribution is 7.12. The van der Waals surface area contributed by atoms with E-state index in [9.17, 15) is 14.4 Å². The average molecular weight is 433 g/mol. The third-order valence-corrected chi connectivity index (χ3v) is 6.55. The Morgan fingerprint density at radius 2 is 1.94 bits per heavy atom. The lowest BCUT2D eigenvalue weighted by molar-refractivity contribution is -0.124. The number of fused-ring (bicyclic) bond motifs is 2. The molecule has 0 N–H and O–H groups in total. The highest BCUT2D eigenvalue weighted by Crippen LogP contribution is 2.36. The molecule has 3 heterocycles. The number of rotatable bonds is 4. The van der Waals surface area contributed by atoms with E-state index in [1.807, 2.05) is 42.6 Å². The molecule has 2 aliphatic heterocycles. The van der Waals surface area contributed by atoms with Gasteiger partial charge in [0.05, 0.1) is 10.6 Å². The van der Waals surface area contributed by atoms with Gasteiger partial charge < -0.3 is 9.64 Å². The fraction of sp³-hybridized carbons (Fsp3) is 0.208. The molecule has 0 radical (unpaired) electrons. The number of thiophene rings is 1. The summed E-state index contributed by atoms with van der Waals surface area (Å²) >= 11 is 1.36. The van der Waals surface area contributed by atoms with Crippen LogP contribution in [0.25, 0.3) is 0 Å². The predicted molar refractivity (Wildman–Crippen MR) is 119 cm³/mol. The van der Waals surface area contributed by atoms with Crippen LogP contribution in [-0.4, -0.2) is 36.8 Å². The van der Waals surface area contributed by atoms with Crippen molar-refractivity contribution in [2.45, 2.75) is 19.4 Å². The second-order valence-electron chi connectivity index (χ2n) is 7.70. The number of para-hydroxylation sites is 1. The Kier molecular flexibility index (Phi) is 4.82. The number of carbonyl (C=O) groups is 3. The number of anilines is 2. The standard InChI is InChI=1S/C24H20N2O4S/c1-15-11-16-5-2-3-6-18(16)26(15)22(27)13-25-19-12-17(24(29)21-7-4-10-31-21)8-9-20(19)30-14-23(25)28/h2-10,12,15H,11,13-14H2,1H3/t15-/m0/s1. The minimum absolute atomic E-state index is 0.0206. The molecule has 0 spiro atoms. The van der Waals surface area contributed by atoms with Gasteiger partial charge in [0.1, 0.15) is 12.3 Å². The van der Waals surface area contributed by atoms with Crippen molar-refractivity contribution in [2.24, 2.45) is 0 Å². The van der Waals surface area contributed by atoms with Gasteiger partial charge in [-0.05, 0) is 54.6 Å². The van der Waals surface area contributed by atoms with Gasteiger partial charge in [0, 0.05) is 17.3 Å². The summed E-state index contributed by atoms with van der Waals surface area (Å²) in [6.07, 6.45) is 0.787. The largest absolute Gasteiger partial charge is 0.482 e. The number of hydrogen-bond acceptors (Lipinski definition) is 5. The second kappa shape index (κ2) is 7.67. The molecular weight excluding hydrogens is 412 g/mol. The summed E-state index contributed by atoms with van der Waals surface area (Å²) in [5.74, 6) is -0.0930. The van der Waals surface area contributed by atoms with E-state index in [0.29, 0.717) is 21.9 Å². The molecule has 0 unspecified atom stereocenters. The van der Waals surface area contributed by atoms with Crippen molar-refractivity contribution < 1.29 is 19.1 Å². The lowest BCUT2D eigenvalue weighted by Gasteiger charge is -2.31. The van der Waals surface area contributed by atoms with Crippen LogP contribution in [0.15, 0.2) is 60.0 Å². The monoisotopic (exact) mass is 432 g/mol. The number of benzene rings is 2. The molecule has 2 amide bonds. The molecule has 0 saturated heterocycles. The topological polar surface area (TPSA) is 66.9 Å². The summed E-state index contributed by atoms with van der Waals surface area (Å²) in [5.41, 5.74) is 2.92. The Bertz CT molecular complexity index is 1190. The van der Waals surface area contributed by atoms with Gasteiger partial charge in [0.15, 0.2) is 6.61 Å². The highest BCUT2D eigenvalue weighted by atomic mass is 32.1. The van der Waals surface area contributed by atoms with E-state index in [1.54, 1.807) is 29.2 Å². The third kappa shape index (κ3) is 3.41. The SMILES string of the molecule is C[C@H]1Cc2ccccc2N1C(=O)CN1C(=O)COc2ccc(C(=O)c3cccs3)cc21. The molecule has 1 atom stereocenters. The van der Waals surface area contributed by atoms with E-state index >= 15 is 0 Å². The van der Waals surface area contributed by atoms with E-state index in [4.69, 9.17) is 4.74 Å². The molecule has 3 aromatic rings. The first-order valence-corrected chi connectivity index (χ1v) is 11.0. The zero-order chi connectivity index (χ0) is 21.5. The fourth-order valence-electron chi connectivity index (χ4n) is 4.22. The maximum absolute atomic E-state index is 13.3. The molecule has 7 heteroatoms. The molecular formula is C24H20N2O4S. The second-order valence-corrected chi connectivity index (χ2v) is 8.65. The number of amides is 2. The summed E-state index contributed by atoms with van der Waals surface area (Å²) in [4.78, 5) is 42.6. The van der Waals surface area contributed by atoms with Gasteiger partial charge in [-0.25, -0.2) is 0 Å². The summed E-state index contributed by atoms with van der Waals surface area (Å²) in [6.45, 7) is 1.76.